The molecular formula is C16H25BrN2O2. The molecule has 0 spiro atoms. The summed E-state index contributed by atoms with van der Waals surface area (Å²) in [6, 6.07) is 5.95. The smallest absolute Gasteiger partial charge is 0.260 e. The summed E-state index contributed by atoms with van der Waals surface area (Å²) in [6.07, 6.45) is 2.00. The van der Waals surface area contributed by atoms with Gasteiger partial charge in [-0.25, -0.2) is 0 Å². The summed E-state index contributed by atoms with van der Waals surface area (Å²) in [6.45, 7) is 6.50. The lowest BCUT2D eigenvalue weighted by molar-refractivity contribution is -0.127. The fourth-order valence-corrected chi connectivity index (χ4v) is 2.40. The molecule has 1 amide bonds. The predicted octanol–water partition coefficient (Wildman–Crippen LogP) is 3.02. The molecule has 4 nitrogen and oxygen atoms in total. The van der Waals surface area contributed by atoms with Crippen LogP contribution in [0.25, 0.3) is 0 Å². The third kappa shape index (κ3) is 5.67. The first kappa shape index (κ1) is 18.0. The number of nitrogens with one attached hydrogen (secondary N) is 1. The third-order valence-electron chi connectivity index (χ3n) is 3.27. The molecule has 0 bridgehead atoms. The van der Waals surface area contributed by atoms with Gasteiger partial charge in [0.2, 0.25) is 0 Å². The van der Waals surface area contributed by atoms with Gasteiger partial charge in [-0.3, -0.25) is 4.79 Å². The summed E-state index contributed by atoms with van der Waals surface area (Å²) in [4.78, 5) is 11.9. The van der Waals surface area contributed by atoms with Crippen LogP contribution in [-0.4, -0.2) is 24.6 Å². The highest BCUT2D eigenvalue weighted by Gasteiger charge is 2.18. The molecule has 0 radical (unpaired) electrons. The van der Waals surface area contributed by atoms with Crippen molar-refractivity contribution in [3.8, 4) is 5.75 Å². The van der Waals surface area contributed by atoms with E-state index in [-0.39, 0.29) is 11.9 Å². The Morgan fingerprint density at radius 1 is 1.43 bits per heavy atom. The highest BCUT2D eigenvalue weighted by Crippen LogP contribution is 2.31. The van der Waals surface area contributed by atoms with E-state index >= 15 is 0 Å². The largest absolute Gasteiger partial charge is 0.479 e. The lowest BCUT2D eigenvalue weighted by atomic mass is 10.0. The molecule has 0 saturated carbocycles. The summed E-state index contributed by atoms with van der Waals surface area (Å²) < 4.78 is 6.71. The highest BCUT2D eigenvalue weighted by molar-refractivity contribution is 9.10. The molecule has 0 heterocycles. The molecule has 1 aromatic carbocycles. The summed E-state index contributed by atoms with van der Waals surface area (Å²) in [7, 11) is 0. The van der Waals surface area contributed by atoms with E-state index < -0.39 is 6.10 Å². The molecule has 0 fully saturated rings. The Hall–Kier alpha value is -1.07. The first-order valence-electron chi connectivity index (χ1n) is 7.46. The maximum atomic E-state index is 11.9. The van der Waals surface area contributed by atoms with Crippen molar-refractivity contribution in [3.05, 3.63) is 28.2 Å². The van der Waals surface area contributed by atoms with Crippen LogP contribution < -0.4 is 15.8 Å². The number of carbonyl (C=O) groups excluding carboxylic acids is 1. The monoisotopic (exact) mass is 356 g/mol. The lowest BCUT2D eigenvalue weighted by Crippen LogP contribution is -2.37. The molecule has 1 rings (SSSR count). The molecule has 1 aromatic rings. The number of rotatable bonds is 8. The van der Waals surface area contributed by atoms with Gasteiger partial charge in [0, 0.05) is 12.6 Å². The normalized spacial score (nSPS) is 13.6. The Balaban J connectivity index is 2.83. The Labute approximate surface area is 135 Å². The number of nitrogens with two attached hydrogens (primary N) is 1. The second kappa shape index (κ2) is 9.05. The predicted molar refractivity (Wildman–Crippen MR) is 89.5 cm³/mol. The van der Waals surface area contributed by atoms with Crippen LogP contribution in [0.15, 0.2) is 22.7 Å². The zero-order chi connectivity index (χ0) is 15.8. The molecule has 0 aromatic heterocycles. The van der Waals surface area contributed by atoms with Gasteiger partial charge in [0.25, 0.3) is 5.91 Å². The number of halogens is 1. The number of para-hydroxylation sites is 1. The van der Waals surface area contributed by atoms with Crippen molar-refractivity contribution >= 4 is 21.8 Å². The summed E-state index contributed by atoms with van der Waals surface area (Å²) >= 11 is 3.49. The third-order valence-corrected chi connectivity index (χ3v) is 3.89. The maximum Gasteiger partial charge on any atom is 0.260 e. The molecule has 2 atom stereocenters. The van der Waals surface area contributed by atoms with Gasteiger partial charge in [0.05, 0.1) is 4.47 Å². The van der Waals surface area contributed by atoms with Crippen molar-refractivity contribution < 1.29 is 9.53 Å². The van der Waals surface area contributed by atoms with E-state index in [1.807, 2.05) is 25.1 Å². The average molecular weight is 357 g/mol. The molecule has 0 saturated heterocycles. The molecule has 118 valence electrons. The SMILES string of the molecule is CCCNC(=O)C(C)Oc1c(Br)cccc1CC(N)CC. The van der Waals surface area contributed by atoms with Crippen molar-refractivity contribution in [2.24, 2.45) is 5.73 Å². The van der Waals surface area contributed by atoms with E-state index in [1.54, 1.807) is 6.92 Å². The van der Waals surface area contributed by atoms with Crippen LogP contribution in [0.4, 0.5) is 0 Å². The van der Waals surface area contributed by atoms with Gasteiger partial charge in [-0.1, -0.05) is 26.0 Å². The molecular weight excluding hydrogens is 332 g/mol. The fraction of sp³-hybridized carbons (Fsp3) is 0.562. The number of hydrogen-bond donors (Lipinski definition) is 2. The van der Waals surface area contributed by atoms with Crippen LogP contribution in [0.3, 0.4) is 0 Å². The Bertz CT molecular complexity index is 466. The van der Waals surface area contributed by atoms with Crippen LogP contribution in [0.1, 0.15) is 39.2 Å². The van der Waals surface area contributed by atoms with Gasteiger partial charge in [0.1, 0.15) is 5.75 Å². The minimum atomic E-state index is -0.535. The van der Waals surface area contributed by atoms with Gasteiger partial charge < -0.3 is 15.8 Å². The molecule has 2 unspecified atom stereocenters. The maximum absolute atomic E-state index is 11.9. The second-order valence-corrected chi connectivity index (χ2v) is 6.01. The number of amides is 1. The van der Waals surface area contributed by atoms with E-state index in [9.17, 15) is 4.79 Å². The zero-order valence-electron chi connectivity index (χ0n) is 13.0. The second-order valence-electron chi connectivity index (χ2n) is 5.15. The van der Waals surface area contributed by atoms with E-state index in [4.69, 9.17) is 10.5 Å². The standard InChI is InChI=1S/C16H25BrN2O2/c1-4-9-19-16(20)11(3)21-15-12(10-13(18)5-2)7-6-8-14(15)17/h6-8,11,13H,4-5,9-10,18H2,1-3H3,(H,19,20). The number of benzene rings is 1. The summed E-state index contributed by atoms with van der Waals surface area (Å²) in [5.41, 5.74) is 7.05. The van der Waals surface area contributed by atoms with Crippen molar-refractivity contribution in [1.29, 1.82) is 0 Å². The Morgan fingerprint density at radius 2 is 2.14 bits per heavy atom. The van der Waals surface area contributed by atoms with Crippen LogP contribution in [0.5, 0.6) is 5.75 Å². The van der Waals surface area contributed by atoms with Crippen LogP contribution in [0.2, 0.25) is 0 Å². The summed E-state index contributed by atoms with van der Waals surface area (Å²) in [5.74, 6) is 0.610. The molecule has 0 aliphatic carbocycles. The first-order chi connectivity index (χ1) is 9.99. The van der Waals surface area contributed by atoms with Crippen molar-refractivity contribution in [1.82, 2.24) is 5.32 Å². The fourth-order valence-electron chi connectivity index (χ4n) is 1.90. The van der Waals surface area contributed by atoms with Gasteiger partial charge in [-0.05, 0) is 53.7 Å². The van der Waals surface area contributed by atoms with Crippen LogP contribution in [-0.2, 0) is 11.2 Å². The molecule has 0 aliphatic rings. The molecule has 3 N–H and O–H groups in total. The molecule has 21 heavy (non-hydrogen) atoms. The van der Waals surface area contributed by atoms with Crippen LogP contribution >= 0.6 is 15.9 Å². The Kier molecular flexibility index (Phi) is 7.75. The van der Waals surface area contributed by atoms with Gasteiger partial charge >= 0.3 is 0 Å². The van der Waals surface area contributed by atoms with E-state index in [2.05, 4.69) is 28.2 Å². The van der Waals surface area contributed by atoms with E-state index in [1.165, 1.54) is 0 Å². The van der Waals surface area contributed by atoms with Gasteiger partial charge in [0.15, 0.2) is 6.10 Å². The number of ether oxygens (including phenoxy) is 1. The quantitative estimate of drug-likeness (QED) is 0.752. The van der Waals surface area contributed by atoms with Crippen molar-refractivity contribution in [2.75, 3.05) is 6.54 Å². The Morgan fingerprint density at radius 3 is 2.76 bits per heavy atom. The first-order valence-corrected chi connectivity index (χ1v) is 8.26. The van der Waals surface area contributed by atoms with Crippen molar-refractivity contribution in [2.45, 2.75) is 52.2 Å². The van der Waals surface area contributed by atoms with Gasteiger partial charge in [-0.2, -0.15) is 0 Å². The zero-order valence-corrected chi connectivity index (χ0v) is 14.6. The minimum absolute atomic E-state index is 0.0888. The molecule has 0 aliphatic heterocycles. The van der Waals surface area contributed by atoms with Crippen molar-refractivity contribution in [3.63, 3.8) is 0 Å². The average Bonchev–Trinajstić information content (AvgIpc) is 2.47. The van der Waals surface area contributed by atoms with Gasteiger partial charge in [-0.15, -0.1) is 0 Å². The summed E-state index contributed by atoms with van der Waals surface area (Å²) in [5, 5.41) is 2.84. The number of hydrogen-bond acceptors (Lipinski definition) is 3. The van der Waals surface area contributed by atoms with E-state index in [0.29, 0.717) is 12.3 Å². The topological polar surface area (TPSA) is 64.3 Å². The minimum Gasteiger partial charge on any atom is -0.479 e. The van der Waals surface area contributed by atoms with E-state index in [0.717, 1.165) is 29.3 Å². The molecule has 5 heteroatoms. The van der Waals surface area contributed by atoms with Crippen LogP contribution in [0, 0.1) is 0 Å². The highest BCUT2D eigenvalue weighted by atomic mass is 79.9. The lowest BCUT2D eigenvalue weighted by Gasteiger charge is -2.19. The number of carbonyl (C=O) groups is 1.